The molecule has 25 heavy (non-hydrogen) atoms. The topological polar surface area (TPSA) is 58.6 Å². The summed E-state index contributed by atoms with van der Waals surface area (Å²) in [5.41, 5.74) is 0.314. The van der Waals surface area contributed by atoms with E-state index in [0.29, 0.717) is 26.5 Å². The fourth-order valence-corrected chi connectivity index (χ4v) is 2.50. The second-order valence-corrected chi connectivity index (χ2v) is 6.39. The van der Waals surface area contributed by atoms with Crippen LogP contribution >= 0.6 is 34.8 Å². The molecular formula is C17H15Cl3N2O3. The molecule has 1 N–H and O–H groups in total. The minimum absolute atomic E-state index is 0.162. The van der Waals surface area contributed by atoms with Crippen LogP contribution in [0.3, 0.4) is 0 Å². The summed E-state index contributed by atoms with van der Waals surface area (Å²) >= 11 is 17.8. The van der Waals surface area contributed by atoms with Gasteiger partial charge in [0, 0.05) is 12.1 Å². The summed E-state index contributed by atoms with van der Waals surface area (Å²) in [6, 6.07) is 11.5. The second kappa shape index (κ2) is 8.94. The molecule has 8 heteroatoms. The van der Waals surface area contributed by atoms with Crippen molar-refractivity contribution in [3.8, 4) is 5.75 Å². The maximum atomic E-state index is 12.1. The smallest absolute Gasteiger partial charge is 0.260 e. The number of carbonyl (C=O) groups excluding carboxylic acids is 2. The standard InChI is InChI=1S/C17H15Cl3N2O3/c1-22(16(24)10-25-12-7-5-11(18)6-8-12)9-15(23)21-17-13(19)3-2-4-14(17)20/h2-8H,9-10H2,1H3,(H,21,23). The number of likely N-dealkylation sites (N-methyl/N-ethyl adjacent to an activating group) is 1. The number of para-hydroxylation sites is 1. The SMILES string of the molecule is CN(CC(=O)Nc1c(Cl)cccc1Cl)C(=O)COc1ccc(Cl)cc1. The molecule has 0 spiro atoms. The van der Waals surface area contributed by atoms with Gasteiger partial charge < -0.3 is 15.0 Å². The lowest BCUT2D eigenvalue weighted by Gasteiger charge is -2.17. The van der Waals surface area contributed by atoms with Crippen LogP contribution in [0, 0.1) is 0 Å². The van der Waals surface area contributed by atoms with Crippen LogP contribution in [0.5, 0.6) is 5.75 Å². The summed E-state index contributed by atoms with van der Waals surface area (Å²) in [5.74, 6) is -0.258. The van der Waals surface area contributed by atoms with E-state index in [-0.39, 0.29) is 19.1 Å². The van der Waals surface area contributed by atoms with Crippen LogP contribution in [0.15, 0.2) is 42.5 Å². The molecule has 0 aliphatic carbocycles. The van der Waals surface area contributed by atoms with E-state index in [9.17, 15) is 9.59 Å². The molecule has 0 aliphatic rings. The number of carbonyl (C=O) groups is 2. The number of benzene rings is 2. The highest BCUT2D eigenvalue weighted by Crippen LogP contribution is 2.29. The molecule has 0 saturated carbocycles. The molecule has 2 amide bonds. The van der Waals surface area contributed by atoms with Crippen molar-refractivity contribution < 1.29 is 14.3 Å². The van der Waals surface area contributed by atoms with Crippen LogP contribution in [0.25, 0.3) is 0 Å². The molecule has 2 aromatic carbocycles. The van der Waals surface area contributed by atoms with Gasteiger partial charge in [-0.05, 0) is 36.4 Å². The molecular weight excluding hydrogens is 387 g/mol. The highest BCUT2D eigenvalue weighted by molar-refractivity contribution is 6.39. The van der Waals surface area contributed by atoms with Crippen LogP contribution in [0.1, 0.15) is 0 Å². The van der Waals surface area contributed by atoms with Crippen molar-refractivity contribution in [2.24, 2.45) is 0 Å². The number of hydrogen-bond acceptors (Lipinski definition) is 3. The summed E-state index contributed by atoms with van der Waals surface area (Å²) in [6.45, 7) is -0.359. The summed E-state index contributed by atoms with van der Waals surface area (Å²) in [6.07, 6.45) is 0. The zero-order valence-electron chi connectivity index (χ0n) is 13.3. The third-order valence-corrected chi connectivity index (χ3v) is 4.09. The van der Waals surface area contributed by atoms with E-state index < -0.39 is 5.91 Å². The van der Waals surface area contributed by atoms with Gasteiger partial charge in [-0.25, -0.2) is 0 Å². The molecule has 0 saturated heterocycles. The number of hydrogen-bond donors (Lipinski definition) is 1. The molecule has 0 aromatic heterocycles. The van der Waals surface area contributed by atoms with Crippen molar-refractivity contribution in [2.75, 3.05) is 25.5 Å². The van der Waals surface area contributed by atoms with E-state index in [2.05, 4.69) is 5.32 Å². The summed E-state index contributed by atoms with van der Waals surface area (Å²) < 4.78 is 5.36. The molecule has 0 unspecified atom stereocenters. The second-order valence-electron chi connectivity index (χ2n) is 5.14. The molecule has 0 radical (unpaired) electrons. The first-order chi connectivity index (χ1) is 11.9. The summed E-state index contributed by atoms with van der Waals surface area (Å²) in [5, 5.41) is 3.81. The highest BCUT2D eigenvalue weighted by Gasteiger charge is 2.15. The summed E-state index contributed by atoms with van der Waals surface area (Å²) in [7, 11) is 1.50. The van der Waals surface area contributed by atoms with E-state index in [1.165, 1.54) is 11.9 Å². The van der Waals surface area contributed by atoms with E-state index in [1.807, 2.05) is 0 Å². The Kier molecular flexibility index (Phi) is 6.93. The van der Waals surface area contributed by atoms with Gasteiger partial charge in [0.15, 0.2) is 6.61 Å². The zero-order chi connectivity index (χ0) is 18.4. The average Bonchev–Trinajstić information content (AvgIpc) is 2.57. The van der Waals surface area contributed by atoms with Gasteiger partial charge in [-0.3, -0.25) is 9.59 Å². The number of ether oxygens (including phenoxy) is 1. The minimum Gasteiger partial charge on any atom is -0.484 e. The zero-order valence-corrected chi connectivity index (χ0v) is 15.5. The Bertz CT molecular complexity index is 746. The van der Waals surface area contributed by atoms with Gasteiger partial charge in [-0.15, -0.1) is 0 Å². The van der Waals surface area contributed by atoms with Crippen molar-refractivity contribution >= 4 is 52.3 Å². The quantitative estimate of drug-likeness (QED) is 0.792. The van der Waals surface area contributed by atoms with E-state index >= 15 is 0 Å². The Morgan fingerprint density at radius 3 is 2.24 bits per heavy atom. The summed E-state index contributed by atoms with van der Waals surface area (Å²) in [4.78, 5) is 25.4. The van der Waals surface area contributed by atoms with Crippen molar-refractivity contribution in [1.29, 1.82) is 0 Å². The fourth-order valence-electron chi connectivity index (χ4n) is 1.89. The fraction of sp³-hybridized carbons (Fsp3) is 0.176. The van der Waals surface area contributed by atoms with Gasteiger partial charge in [-0.1, -0.05) is 40.9 Å². The highest BCUT2D eigenvalue weighted by atomic mass is 35.5. The molecule has 132 valence electrons. The Balaban J connectivity index is 1.85. The van der Waals surface area contributed by atoms with E-state index in [4.69, 9.17) is 39.5 Å². The van der Waals surface area contributed by atoms with Crippen LogP contribution in [0.4, 0.5) is 5.69 Å². The first-order valence-corrected chi connectivity index (χ1v) is 8.36. The normalized spacial score (nSPS) is 10.2. The lowest BCUT2D eigenvalue weighted by atomic mass is 10.3. The molecule has 0 bridgehead atoms. The van der Waals surface area contributed by atoms with E-state index in [0.717, 1.165) is 0 Å². The lowest BCUT2D eigenvalue weighted by Crippen LogP contribution is -2.37. The third kappa shape index (κ3) is 5.81. The average molecular weight is 402 g/mol. The van der Waals surface area contributed by atoms with Crippen molar-refractivity contribution in [3.05, 3.63) is 57.5 Å². The number of anilines is 1. The Hall–Kier alpha value is -1.95. The third-order valence-electron chi connectivity index (χ3n) is 3.21. The van der Waals surface area contributed by atoms with Crippen molar-refractivity contribution in [3.63, 3.8) is 0 Å². The lowest BCUT2D eigenvalue weighted by molar-refractivity contribution is -0.135. The van der Waals surface area contributed by atoms with E-state index in [1.54, 1.807) is 42.5 Å². The monoisotopic (exact) mass is 400 g/mol. The van der Waals surface area contributed by atoms with Gasteiger partial charge in [0.2, 0.25) is 5.91 Å². The molecule has 0 heterocycles. The Morgan fingerprint density at radius 1 is 1.04 bits per heavy atom. The number of nitrogens with one attached hydrogen (secondary N) is 1. The molecule has 2 aromatic rings. The molecule has 0 aliphatic heterocycles. The minimum atomic E-state index is -0.419. The number of amides is 2. The van der Waals surface area contributed by atoms with Gasteiger partial charge in [0.05, 0.1) is 22.3 Å². The maximum Gasteiger partial charge on any atom is 0.260 e. The van der Waals surface area contributed by atoms with Crippen molar-refractivity contribution in [2.45, 2.75) is 0 Å². The van der Waals surface area contributed by atoms with Gasteiger partial charge in [0.25, 0.3) is 5.91 Å². The Morgan fingerprint density at radius 2 is 1.64 bits per heavy atom. The predicted octanol–water partition coefficient (Wildman–Crippen LogP) is 4.12. The van der Waals surface area contributed by atoms with Gasteiger partial charge >= 0.3 is 0 Å². The van der Waals surface area contributed by atoms with Crippen LogP contribution in [-0.4, -0.2) is 36.9 Å². The van der Waals surface area contributed by atoms with Gasteiger partial charge in [-0.2, -0.15) is 0 Å². The first-order valence-electron chi connectivity index (χ1n) is 7.23. The van der Waals surface area contributed by atoms with Crippen molar-refractivity contribution in [1.82, 2.24) is 4.90 Å². The first kappa shape index (κ1) is 19.4. The molecule has 0 fully saturated rings. The molecule has 0 atom stereocenters. The van der Waals surface area contributed by atoms with Crippen LogP contribution < -0.4 is 10.1 Å². The largest absolute Gasteiger partial charge is 0.484 e. The predicted molar refractivity (Wildman–Crippen MR) is 99.7 cm³/mol. The number of rotatable bonds is 6. The van der Waals surface area contributed by atoms with Crippen LogP contribution in [0.2, 0.25) is 15.1 Å². The number of nitrogens with zero attached hydrogens (tertiary/aromatic N) is 1. The number of halogens is 3. The maximum absolute atomic E-state index is 12.1. The van der Waals surface area contributed by atoms with Gasteiger partial charge in [0.1, 0.15) is 5.75 Å². The van der Waals surface area contributed by atoms with Crippen LogP contribution in [-0.2, 0) is 9.59 Å². The Labute approximate surface area is 160 Å². The molecule has 2 rings (SSSR count). The molecule has 5 nitrogen and oxygen atoms in total.